The molecule has 0 bridgehead atoms. The van der Waals surface area contributed by atoms with E-state index in [0.717, 1.165) is 15.1 Å². The van der Waals surface area contributed by atoms with E-state index in [4.69, 9.17) is 0 Å². The van der Waals surface area contributed by atoms with E-state index in [1.807, 2.05) is 12.1 Å². The Morgan fingerprint density at radius 3 is 1.95 bits per heavy atom. The van der Waals surface area contributed by atoms with Crippen molar-refractivity contribution in [3.05, 3.63) is 121 Å². The third-order valence-electron chi connectivity index (χ3n) is 6.11. The predicted molar refractivity (Wildman–Crippen MR) is 142 cm³/mol. The van der Waals surface area contributed by atoms with Crippen LogP contribution in [0, 0.1) is 5.82 Å². The van der Waals surface area contributed by atoms with Gasteiger partial charge in [0.05, 0.1) is 10.4 Å². The van der Waals surface area contributed by atoms with Crippen LogP contribution in [0.15, 0.2) is 119 Å². The monoisotopic (exact) mass is 534 g/mol. The van der Waals surface area contributed by atoms with E-state index in [-0.39, 0.29) is 21.3 Å². The Kier molecular flexibility index (Phi) is 6.45. The van der Waals surface area contributed by atoms with Crippen LogP contribution in [0.3, 0.4) is 0 Å². The molecule has 5 rings (SSSR count). The largest absolute Gasteiger partial charge is 0.269 e. The molecule has 37 heavy (non-hydrogen) atoms. The third kappa shape index (κ3) is 4.81. The van der Waals surface area contributed by atoms with Crippen LogP contribution in [-0.4, -0.2) is 20.8 Å². The van der Waals surface area contributed by atoms with E-state index in [1.54, 1.807) is 73.7 Å². The summed E-state index contributed by atoms with van der Waals surface area (Å²) >= 11 is 0. The number of sulfonamides is 1. The smallest absolute Gasteiger partial charge is 0.221 e. The Balaban J connectivity index is 1.51. The zero-order chi connectivity index (χ0) is 26.2. The van der Waals surface area contributed by atoms with Crippen molar-refractivity contribution in [2.45, 2.75) is 22.9 Å². The lowest BCUT2D eigenvalue weighted by Crippen LogP contribution is -2.30. The lowest BCUT2D eigenvalue weighted by Gasteiger charge is -2.17. The highest BCUT2D eigenvalue weighted by Crippen LogP contribution is 2.30. The van der Waals surface area contributed by atoms with Crippen molar-refractivity contribution in [3.8, 4) is 11.1 Å². The van der Waals surface area contributed by atoms with E-state index >= 15 is 0 Å². The van der Waals surface area contributed by atoms with Crippen molar-refractivity contribution in [3.63, 3.8) is 0 Å². The molecular weight excluding hydrogens is 511 g/mol. The molecule has 0 saturated carbocycles. The van der Waals surface area contributed by atoms with Gasteiger partial charge in [-0.2, -0.15) is 0 Å². The normalized spacial score (nSPS) is 13.0. The summed E-state index contributed by atoms with van der Waals surface area (Å²) in [5.41, 5.74) is 2.63. The molecule has 0 aliphatic rings. The summed E-state index contributed by atoms with van der Waals surface area (Å²) in [6, 6.07) is 28.4. The Morgan fingerprint density at radius 1 is 0.730 bits per heavy atom. The zero-order valence-electron chi connectivity index (χ0n) is 19.7. The van der Waals surface area contributed by atoms with Crippen LogP contribution >= 0.6 is 0 Å². The molecule has 1 heterocycles. The Labute approximate surface area is 215 Å². The molecule has 9 heteroatoms. The summed E-state index contributed by atoms with van der Waals surface area (Å²) < 4.78 is 71.0. The molecule has 1 aromatic heterocycles. The molecule has 6 nitrogen and oxygen atoms in total. The molecule has 0 amide bonds. The minimum atomic E-state index is -4.27. The maximum Gasteiger partial charge on any atom is 0.269 e. The molecule has 0 fully saturated rings. The van der Waals surface area contributed by atoms with Crippen molar-refractivity contribution >= 4 is 30.9 Å². The lowest BCUT2D eigenvalue weighted by atomic mass is 10.0. The average molecular weight is 535 g/mol. The SMILES string of the molecule is CC(NS(=O)(=O)c1cc2ccccc2n1S(=O)(=O)c1ccccc1)c1ccc(-c2ccc(F)cc2)cc1. The first-order valence-corrected chi connectivity index (χ1v) is 14.4. The second-order valence-corrected chi connectivity index (χ2v) is 12.0. The van der Waals surface area contributed by atoms with Gasteiger partial charge in [-0.25, -0.2) is 29.9 Å². The van der Waals surface area contributed by atoms with Crippen LogP contribution in [0.25, 0.3) is 22.0 Å². The summed E-state index contributed by atoms with van der Waals surface area (Å²) in [7, 11) is -8.47. The fourth-order valence-electron chi connectivity index (χ4n) is 4.21. The van der Waals surface area contributed by atoms with Gasteiger partial charge in [0.2, 0.25) is 0 Å². The molecule has 1 atom stereocenters. The molecule has 0 radical (unpaired) electrons. The number of hydrogen-bond acceptors (Lipinski definition) is 4. The van der Waals surface area contributed by atoms with E-state index in [1.165, 1.54) is 30.3 Å². The number of hydrogen-bond donors (Lipinski definition) is 1. The molecule has 4 aromatic carbocycles. The summed E-state index contributed by atoms with van der Waals surface area (Å²) in [5, 5.41) is 0.117. The van der Waals surface area contributed by atoms with Crippen molar-refractivity contribution in [1.82, 2.24) is 8.69 Å². The Hall–Kier alpha value is -3.79. The van der Waals surface area contributed by atoms with Gasteiger partial charge < -0.3 is 0 Å². The zero-order valence-corrected chi connectivity index (χ0v) is 21.4. The van der Waals surface area contributed by atoms with Gasteiger partial charge in [-0.1, -0.05) is 72.8 Å². The number of benzene rings is 4. The first kappa shape index (κ1) is 24.9. The first-order valence-electron chi connectivity index (χ1n) is 11.5. The summed E-state index contributed by atoms with van der Waals surface area (Å²) in [4.78, 5) is -0.0165. The fraction of sp³-hybridized carbons (Fsp3) is 0.0714. The van der Waals surface area contributed by atoms with Gasteiger partial charge in [0.1, 0.15) is 5.82 Å². The molecule has 0 saturated heterocycles. The van der Waals surface area contributed by atoms with E-state index in [0.29, 0.717) is 10.9 Å². The van der Waals surface area contributed by atoms with Gasteiger partial charge in [-0.3, -0.25) is 0 Å². The van der Waals surface area contributed by atoms with Crippen molar-refractivity contribution in [2.75, 3.05) is 0 Å². The highest BCUT2D eigenvalue weighted by molar-refractivity contribution is 7.92. The van der Waals surface area contributed by atoms with E-state index < -0.39 is 26.1 Å². The standard InChI is InChI=1S/C28H23FN2O4S2/c1-20(21-11-13-22(14-12-21)23-15-17-25(29)18-16-23)30-36(32,33)28-19-24-7-5-6-10-27(24)31(28)37(34,35)26-8-3-2-4-9-26/h2-20,30H,1H3. The number of nitrogens with zero attached hydrogens (tertiary/aromatic N) is 1. The number of para-hydroxylation sites is 1. The first-order chi connectivity index (χ1) is 17.7. The second-order valence-electron chi connectivity index (χ2n) is 8.60. The molecule has 1 unspecified atom stereocenters. The number of aromatic nitrogens is 1. The van der Waals surface area contributed by atoms with Crippen LogP contribution in [-0.2, 0) is 20.0 Å². The molecule has 0 aliphatic carbocycles. The summed E-state index contributed by atoms with van der Waals surface area (Å²) in [6.45, 7) is 1.68. The van der Waals surface area contributed by atoms with Crippen molar-refractivity contribution in [1.29, 1.82) is 0 Å². The molecule has 0 spiro atoms. The van der Waals surface area contributed by atoms with Gasteiger partial charge in [0.15, 0.2) is 5.03 Å². The lowest BCUT2D eigenvalue weighted by molar-refractivity contribution is 0.555. The maximum absolute atomic E-state index is 13.6. The number of halogens is 1. The quantitative estimate of drug-likeness (QED) is 0.289. The summed E-state index contributed by atoms with van der Waals surface area (Å²) in [5.74, 6) is -0.324. The molecule has 1 N–H and O–H groups in total. The number of rotatable bonds is 7. The maximum atomic E-state index is 13.6. The van der Waals surface area contributed by atoms with Crippen molar-refractivity contribution < 1.29 is 21.2 Å². The predicted octanol–water partition coefficient (Wildman–Crippen LogP) is 5.72. The minimum absolute atomic E-state index is 0.0165. The number of fused-ring (bicyclic) bond motifs is 1. The molecule has 0 aliphatic heterocycles. The molecule has 188 valence electrons. The fourth-order valence-corrected chi connectivity index (χ4v) is 7.54. The van der Waals surface area contributed by atoms with Crippen LogP contribution < -0.4 is 4.72 Å². The number of nitrogens with one attached hydrogen (secondary N) is 1. The van der Waals surface area contributed by atoms with Crippen LogP contribution in [0.2, 0.25) is 0 Å². The van der Waals surface area contributed by atoms with Crippen LogP contribution in [0.5, 0.6) is 0 Å². The second kappa shape index (κ2) is 9.59. The Bertz CT molecular complexity index is 1780. The Morgan fingerprint density at radius 2 is 1.30 bits per heavy atom. The average Bonchev–Trinajstić information content (AvgIpc) is 3.31. The third-order valence-corrected chi connectivity index (χ3v) is 9.48. The van der Waals surface area contributed by atoms with Gasteiger partial charge in [-0.05, 0) is 60.0 Å². The minimum Gasteiger partial charge on any atom is -0.221 e. The van der Waals surface area contributed by atoms with E-state index in [2.05, 4.69) is 4.72 Å². The van der Waals surface area contributed by atoms with Gasteiger partial charge in [-0.15, -0.1) is 0 Å². The van der Waals surface area contributed by atoms with Crippen LogP contribution in [0.1, 0.15) is 18.5 Å². The highest BCUT2D eigenvalue weighted by Gasteiger charge is 2.30. The highest BCUT2D eigenvalue weighted by atomic mass is 32.2. The van der Waals surface area contributed by atoms with Gasteiger partial charge in [0, 0.05) is 11.4 Å². The van der Waals surface area contributed by atoms with Crippen LogP contribution in [0.4, 0.5) is 4.39 Å². The van der Waals surface area contributed by atoms with Gasteiger partial charge in [0.25, 0.3) is 20.0 Å². The van der Waals surface area contributed by atoms with Gasteiger partial charge >= 0.3 is 0 Å². The van der Waals surface area contributed by atoms with E-state index in [9.17, 15) is 21.2 Å². The summed E-state index contributed by atoms with van der Waals surface area (Å²) in [6.07, 6.45) is 0. The topological polar surface area (TPSA) is 85.2 Å². The van der Waals surface area contributed by atoms with Crippen molar-refractivity contribution in [2.24, 2.45) is 0 Å². The molecular formula is C28H23FN2O4S2. The molecule has 5 aromatic rings.